The number of hydrogen-bond donors (Lipinski definition) is 3. The van der Waals surface area contributed by atoms with E-state index in [9.17, 15) is 0 Å². The second-order valence-electron chi connectivity index (χ2n) is 2.17. The van der Waals surface area contributed by atoms with Crippen LogP contribution in [0.1, 0.15) is 0 Å². The van der Waals surface area contributed by atoms with E-state index in [-0.39, 0.29) is 13.2 Å². The topological polar surface area (TPSA) is 79.9 Å². The molecule has 0 aromatic heterocycles. The van der Waals surface area contributed by atoms with Crippen LogP contribution in [0.25, 0.3) is 0 Å². The maximum atomic E-state index is 8.56. The van der Waals surface area contributed by atoms with Gasteiger partial charge in [-0.2, -0.15) is 5.11 Å². The van der Waals surface area contributed by atoms with E-state index in [4.69, 9.17) is 15.7 Å². The standard InChI is InChI=1S/C6H15N3O2/c7-8-1-2-9(3-5-10)4-6-11/h7,10-11H,1-6H2. The van der Waals surface area contributed by atoms with E-state index in [0.717, 1.165) is 0 Å². The Morgan fingerprint density at radius 2 is 1.64 bits per heavy atom. The Morgan fingerprint density at radius 1 is 1.09 bits per heavy atom. The van der Waals surface area contributed by atoms with Gasteiger partial charge in [-0.3, -0.25) is 4.90 Å². The van der Waals surface area contributed by atoms with Crippen LogP contribution in [0, 0.1) is 5.53 Å². The van der Waals surface area contributed by atoms with Crippen LogP contribution in [0.5, 0.6) is 0 Å². The molecule has 3 N–H and O–H groups in total. The van der Waals surface area contributed by atoms with E-state index in [1.54, 1.807) is 0 Å². The maximum absolute atomic E-state index is 8.56. The lowest BCUT2D eigenvalue weighted by molar-refractivity contribution is 0.163. The van der Waals surface area contributed by atoms with Gasteiger partial charge in [0, 0.05) is 19.6 Å². The largest absolute Gasteiger partial charge is 0.395 e. The summed E-state index contributed by atoms with van der Waals surface area (Å²) in [5.41, 5.74) is 6.53. The quantitative estimate of drug-likeness (QED) is 0.432. The predicted molar refractivity (Wildman–Crippen MR) is 40.6 cm³/mol. The number of hydrogen-bond acceptors (Lipinski definition) is 5. The third-order valence-electron chi connectivity index (χ3n) is 1.36. The lowest BCUT2D eigenvalue weighted by Crippen LogP contribution is -2.31. The van der Waals surface area contributed by atoms with Crippen molar-refractivity contribution in [1.29, 1.82) is 5.53 Å². The van der Waals surface area contributed by atoms with E-state index in [1.807, 2.05) is 4.90 Å². The van der Waals surface area contributed by atoms with Crippen molar-refractivity contribution in [2.24, 2.45) is 5.11 Å². The first-order chi connectivity index (χ1) is 5.35. The summed E-state index contributed by atoms with van der Waals surface area (Å²) in [5.74, 6) is 0. The Hall–Kier alpha value is -0.520. The molecule has 0 amide bonds. The number of aliphatic hydroxyl groups is 2. The highest BCUT2D eigenvalue weighted by molar-refractivity contribution is 4.56. The molecule has 0 aromatic carbocycles. The lowest BCUT2D eigenvalue weighted by atomic mass is 10.4. The number of aliphatic hydroxyl groups excluding tert-OH is 2. The third kappa shape index (κ3) is 5.90. The molecule has 0 unspecified atom stereocenters. The fourth-order valence-corrected chi connectivity index (χ4v) is 0.810. The molecule has 0 atom stereocenters. The Balaban J connectivity index is 3.41. The molecular weight excluding hydrogens is 146 g/mol. The molecule has 0 aliphatic heterocycles. The van der Waals surface area contributed by atoms with Crippen molar-refractivity contribution in [3.05, 3.63) is 0 Å². The van der Waals surface area contributed by atoms with Crippen LogP contribution in [0.4, 0.5) is 0 Å². The molecule has 0 spiro atoms. The second kappa shape index (κ2) is 7.59. The number of nitrogens with one attached hydrogen (secondary N) is 1. The summed E-state index contributed by atoms with van der Waals surface area (Å²) in [4.78, 5) is 1.86. The van der Waals surface area contributed by atoms with Gasteiger partial charge >= 0.3 is 0 Å². The lowest BCUT2D eigenvalue weighted by Gasteiger charge is -2.17. The average molecular weight is 161 g/mol. The molecule has 0 aliphatic carbocycles. The SMILES string of the molecule is N=NCCN(CCO)CCO. The summed E-state index contributed by atoms with van der Waals surface area (Å²) >= 11 is 0. The summed E-state index contributed by atoms with van der Waals surface area (Å²) in [5, 5.41) is 20.3. The first-order valence-electron chi connectivity index (χ1n) is 3.62. The van der Waals surface area contributed by atoms with Crippen LogP contribution in [0.15, 0.2) is 5.11 Å². The van der Waals surface area contributed by atoms with E-state index in [0.29, 0.717) is 26.2 Å². The molecule has 0 saturated carbocycles. The summed E-state index contributed by atoms with van der Waals surface area (Å²) in [7, 11) is 0. The molecule has 0 aromatic rings. The summed E-state index contributed by atoms with van der Waals surface area (Å²) in [6.45, 7) is 2.30. The predicted octanol–water partition coefficient (Wildman–Crippen LogP) is -0.696. The molecule has 0 rings (SSSR count). The van der Waals surface area contributed by atoms with Crippen molar-refractivity contribution in [2.45, 2.75) is 0 Å². The first kappa shape index (κ1) is 10.5. The molecular formula is C6H15N3O2. The molecule has 5 heteroatoms. The fraction of sp³-hybridized carbons (Fsp3) is 1.00. The Bertz CT molecular complexity index is 93.8. The van der Waals surface area contributed by atoms with Crippen molar-refractivity contribution >= 4 is 0 Å². The van der Waals surface area contributed by atoms with Gasteiger partial charge in [0.2, 0.25) is 0 Å². The van der Waals surface area contributed by atoms with Crippen molar-refractivity contribution in [2.75, 3.05) is 39.4 Å². The van der Waals surface area contributed by atoms with Crippen LogP contribution in [-0.2, 0) is 0 Å². The Kier molecular flexibility index (Phi) is 7.23. The first-order valence-corrected chi connectivity index (χ1v) is 3.62. The Labute approximate surface area is 66.1 Å². The highest BCUT2D eigenvalue weighted by Gasteiger charge is 2.00. The fourth-order valence-electron chi connectivity index (χ4n) is 0.810. The minimum atomic E-state index is 0.0813. The van der Waals surface area contributed by atoms with E-state index in [1.165, 1.54) is 0 Å². The van der Waals surface area contributed by atoms with Gasteiger partial charge in [0.25, 0.3) is 0 Å². The van der Waals surface area contributed by atoms with Crippen LogP contribution in [0.3, 0.4) is 0 Å². The van der Waals surface area contributed by atoms with Crippen LogP contribution >= 0.6 is 0 Å². The number of nitrogens with zero attached hydrogens (tertiary/aromatic N) is 2. The molecule has 0 bridgehead atoms. The highest BCUT2D eigenvalue weighted by Crippen LogP contribution is 1.86. The smallest absolute Gasteiger partial charge is 0.0723 e. The van der Waals surface area contributed by atoms with E-state index >= 15 is 0 Å². The highest BCUT2D eigenvalue weighted by atomic mass is 16.3. The van der Waals surface area contributed by atoms with Gasteiger partial charge in [0.15, 0.2) is 0 Å². The van der Waals surface area contributed by atoms with E-state index in [2.05, 4.69) is 5.11 Å². The van der Waals surface area contributed by atoms with Gasteiger partial charge in [0.1, 0.15) is 0 Å². The second-order valence-corrected chi connectivity index (χ2v) is 2.17. The molecule has 5 nitrogen and oxygen atoms in total. The average Bonchev–Trinajstić information content (AvgIpc) is 2.01. The number of rotatable bonds is 7. The third-order valence-corrected chi connectivity index (χ3v) is 1.36. The zero-order chi connectivity index (χ0) is 8.53. The molecule has 0 heterocycles. The van der Waals surface area contributed by atoms with Crippen molar-refractivity contribution in [1.82, 2.24) is 4.90 Å². The van der Waals surface area contributed by atoms with Crippen molar-refractivity contribution < 1.29 is 10.2 Å². The summed E-state index contributed by atoms with van der Waals surface area (Å²) < 4.78 is 0. The molecule has 11 heavy (non-hydrogen) atoms. The van der Waals surface area contributed by atoms with Gasteiger partial charge < -0.3 is 10.2 Å². The molecule has 0 fully saturated rings. The van der Waals surface area contributed by atoms with Crippen LogP contribution < -0.4 is 0 Å². The van der Waals surface area contributed by atoms with E-state index < -0.39 is 0 Å². The van der Waals surface area contributed by atoms with Crippen LogP contribution in [0.2, 0.25) is 0 Å². The van der Waals surface area contributed by atoms with Crippen molar-refractivity contribution in [3.63, 3.8) is 0 Å². The monoisotopic (exact) mass is 161 g/mol. The molecule has 0 aliphatic rings. The molecule has 66 valence electrons. The molecule has 0 saturated heterocycles. The minimum absolute atomic E-state index is 0.0813. The zero-order valence-corrected chi connectivity index (χ0v) is 6.53. The van der Waals surface area contributed by atoms with Gasteiger partial charge in [-0.25, -0.2) is 5.53 Å². The van der Waals surface area contributed by atoms with Crippen LogP contribution in [-0.4, -0.2) is 54.5 Å². The summed E-state index contributed by atoms with van der Waals surface area (Å²) in [6, 6.07) is 0. The maximum Gasteiger partial charge on any atom is 0.0723 e. The normalized spacial score (nSPS) is 10.5. The van der Waals surface area contributed by atoms with Crippen molar-refractivity contribution in [3.8, 4) is 0 Å². The zero-order valence-electron chi connectivity index (χ0n) is 6.53. The summed E-state index contributed by atoms with van der Waals surface area (Å²) in [6.07, 6.45) is 0. The minimum Gasteiger partial charge on any atom is -0.395 e. The van der Waals surface area contributed by atoms with Gasteiger partial charge in [-0.1, -0.05) is 0 Å². The molecule has 0 radical (unpaired) electrons. The Morgan fingerprint density at radius 3 is 2.00 bits per heavy atom. The van der Waals surface area contributed by atoms with Gasteiger partial charge in [-0.05, 0) is 0 Å². The van der Waals surface area contributed by atoms with Gasteiger partial charge in [0.05, 0.1) is 19.8 Å². The van der Waals surface area contributed by atoms with Gasteiger partial charge in [-0.15, -0.1) is 0 Å².